The first-order chi connectivity index (χ1) is 16.1. The van der Waals surface area contributed by atoms with Gasteiger partial charge in [-0.15, -0.1) is 0 Å². The van der Waals surface area contributed by atoms with E-state index in [1.807, 2.05) is 48.5 Å². The lowest BCUT2D eigenvalue weighted by molar-refractivity contribution is 0.0995. The Morgan fingerprint density at radius 1 is 0.588 bits per heavy atom. The number of rotatable bonds is 5. The van der Waals surface area contributed by atoms with Crippen molar-refractivity contribution in [2.24, 2.45) is 10.8 Å². The molecule has 0 saturated heterocycles. The largest absolute Gasteiger partial charge is 0.289 e. The van der Waals surface area contributed by atoms with Crippen LogP contribution in [0.3, 0.4) is 0 Å². The van der Waals surface area contributed by atoms with Crippen LogP contribution in [0, 0.1) is 10.8 Å². The molecule has 2 aliphatic carbocycles. The van der Waals surface area contributed by atoms with Gasteiger partial charge in [0, 0.05) is 22.3 Å². The first-order valence-electron chi connectivity index (χ1n) is 12.2. The molecule has 2 heteroatoms. The van der Waals surface area contributed by atoms with Crippen LogP contribution in [-0.2, 0) is 0 Å². The quantitative estimate of drug-likeness (QED) is 0.459. The van der Waals surface area contributed by atoms with Crippen molar-refractivity contribution in [1.82, 2.24) is 0 Å². The fourth-order valence-electron chi connectivity index (χ4n) is 4.60. The molecule has 0 amide bonds. The second kappa shape index (κ2) is 8.83. The van der Waals surface area contributed by atoms with E-state index in [0.29, 0.717) is 0 Å². The van der Waals surface area contributed by atoms with Crippen molar-refractivity contribution in [3.8, 4) is 0 Å². The predicted molar refractivity (Wildman–Crippen MR) is 142 cm³/mol. The van der Waals surface area contributed by atoms with Crippen molar-refractivity contribution in [2.75, 3.05) is 0 Å². The Morgan fingerprint density at radius 3 is 1.24 bits per heavy atom. The number of hydrogen-bond donors (Lipinski definition) is 0. The first-order valence-corrected chi connectivity index (χ1v) is 12.2. The Bertz CT molecular complexity index is 1190. The molecule has 0 fully saturated rings. The van der Waals surface area contributed by atoms with E-state index in [4.69, 9.17) is 0 Å². The fourth-order valence-corrected chi connectivity index (χ4v) is 4.60. The van der Waals surface area contributed by atoms with Crippen LogP contribution in [0.4, 0.5) is 0 Å². The maximum atomic E-state index is 13.3. The number of fused-ring (bicyclic) bond motifs is 2. The molecule has 0 aliphatic heterocycles. The van der Waals surface area contributed by atoms with Crippen LogP contribution in [0.1, 0.15) is 86.2 Å². The lowest BCUT2D eigenvalue weighted by atomic mass is 9.72. The average Bonchev–Trinajstić information content (AvgIpc) is 2.84. The number of carbonyl (C=O) groups is 2. The van der Waals surface area contributed by atoms with Crippen LogP contribution in [0.25, 0.3) is 11.1 Å². The minimum absolute atomic E-state index is 0.118. The monoisotopic (exact) mass is 450 g/mol. The van der Waals surface area contributed by atoms with Crippen LogP contribution >= 0.6 is 0 Å². The SMILES string of the molecule is CCC(C)(C)C1=C/C(=C/C=C2/C=C(C(C)(C)CC)C(=O)c3ccccc32)c2ccccc2C1=O. The van der Waals surface area contributed by atoms with E-state index in [-0.39, 0.29) is 22.4 Å². The second-order valence-electron chi connectivity index (χ2n) is 10.6. The molecule has 34 heavy (non-hydrogen) atoms. The zero-order valence-electron chi connectivity index (χ0n) is 21.2. The van der Waals surface area contributed by atoms with E-state index in [0.717, 1.165) is 57.4 Å². The van der Waals surface area contributed by atoms with Gasteiger partial charge in [-0.25, -0.2) is 0 Å². The highest BCUT2D eigenvalue weighted by molar-refractivity contribution is 6.18. The number of carbonyl (C=O) groups excluding carboxylic acids is 2. The van der Waals surface area contributed by atoms with E-state index < -0.39 is 0 Å². The molecule has 0 unspecified atom stereocenters. The van der Waals surface area contributed by atoms with Gasteiger partial charge in [0.2, 0.25) is 0 Å². The number of hydrogen-bond acceptors (Lipinski definition) is 2. The normalized spacial score (nSPS) is 18.5. The van der Waals surface area contributed by atoms with E-state index >= 15 is 0 Å². The van der Waals surface area contributed by atoms with E-state index in [1.165, 1.54) is 0 Å². The molecule has 2 nitrogen and oxygen atoms in total. The maximum absolute atomic E-state index is 13.3. The van der Waals surface area contributed by atoms with Crippen LogP contribution in [-0.4, -0.2) is 11.6 Å². The maximum Gasteiger partial charge on any atom is 0.190 e. The molecule has 2 aromatic rings. The molecular formula is C32H34O2. The summed E-state index contributed by atoms with van der Waals surface area (Å²) in [5, 5.41) is 0. The Kier molecular flexibility index (Phi) is 6.20. The van der Waals surface area contributed by atoms with E-state index in [1.54, 1.807) is 0 Å². The standard InChI is InChI=1S/C32H34O2/c1-7-31(3,4)27-19-21(23-13-9-11-15-25(23)29(27)33)17-18-22-20-28(32(5,6)8-2)30(34)26-16-12-10-14-24(22)26/h9-20H,7-8H2,1-6H3/b21-17-,22-18-. The van der Waals surface area contributed by atoms with Gasteiger partial charge >= 0.3 is 0 Å². The van der Waals surface area contributed by atoms with Gasteiger partial charge in [0.05, 0.1) is 0 Å². The summed E-state index contributed by atoms with van der Waals surface area (Å²) in [6, 6.07) is 15.7. The molecule has 0 bridgehead atoms. The summed E-state index contributed by atoms with van der Waals surface area (Å²) in [6.45, 7) is 12.8. The van der Waals surface area contributed by atoms with Crippen molar-refractivity contribution >= 4 is 22.7 Å². The molecule has 4 rings (SSSR count). The number of ketones is 2. The van der Waals surface area contributed by atoms with E-state index in [2.05, 4.69) is 65.8 Å². The molecule has 2 aromatic carbocycles. The Hall–Kier alpha value is -3.26. The van der Waals surface area contributed by atoms with Gasteiger partial charge in [-0.2, -0.15) is 0 Å². The number of benzene rings is 2. The third-order valence-corrected chi connectivity index (χ3v) is 7.72. The van der Waals surface area contributed by atoms with Crippen LogP contribution in [0.15, 0.2) is 84.0 Å². The van der Waals surface area contributed by atoms with Crippen molar-refractivity contribution in [3.05, 3.63) is 106 Å². The third-order valence-electron chi connectivity index (χ3n) is 7.72. The molecule has 0 N–H and O–H groups in total. The number of Topliss-reactive ketones (excluding diaryl/α,β-unsaturated/α-hetero) is 2. The number of allylic oxidation sites excluding steroid dienone is 8. The summed E-state index contributed by atoms with van der Waals surface area (Å²) in [5.41, 5.74) is 6.76. The van der Waals surface area contributed by atoms with Gasteiger partial charge in [0.15, 0.2) is 11.6 Å². The summed E-state index contributed by atoms with van der Waals surface area (Å²) >= 11 is 0. The van der Waals surface area contributed by atoms with E-state index in [9.17, 15) is 9.59 Å². The second-order valence-corrected chi connectivity index (χ2v) is 10.6. The fraction of sp³-hybridized carbons (Fsp3) is 0.312. The summed E-state index contributed by atoms with van der Waals surface area (Å²) in [7, 11) is 0. The van der Waals surface area contributed by atoms with Gasteiger partial charge in [-0.05, 0) is 58.1 Å². The molecule has 0 heterocycles. The van der Waals surface area contributed by atoms with Crippen LogP contribution < -0.4 is 0 Å². The summed E-state index contributed by atoms with van der Waals surface area (Å²) in [4.78, 5) is 26.6. The molecule has 174 valence electrons. The summed E-state index contributed by atoms with van der Waals surface area (Å²) in [5.74, 6) is 0.237. The van der Waals surface area contributed by atoms with Gasteiger partial charge < -0.3 is 0 Å². The summed E-state index contributed by atoms with van der Waals surface area (Å²) in [6.07, 6.45) is 10.1. The lowest BCUT2D eigenvalue weighted by Crippen LogP contribution is -2.24. The molecule has 0 saturated carbocycles. The predicted octanol–water partition coefficient (Wildman–Crippen LogP) is 8.27. The van der Waals surface area contributed by atoms with Gasteiger partial charge in [-0.3, -0.25) is 9.59 Å². The van der Waals surface area contributed by atoms with Crippen LogP contribution in [0.5, 0.6) is 0 Å². The minimum atomic E-state index is -0.209. The van der Waals surface area contributed by atoms with Crippen molar-refractivity contribution < 1.29 is 9.59 Å². The minimum Gasteiger partial charge on any atom is -0.289 e. The van der Waals surface area contributed by atoms with Crippen molar-refractivity contribution in [3.63, 3.8) is 0 Å². The smallest absolute Gasteiger partial charge is 0.190 e. The highest BCUT2D eigenvalue weighted by Crippen LogP contribution is 2.41. The van der Waals surface area contributed by atoms with Crippen molar-refractivity contribution in [1.29, 1.82) is 0 Å². The molecule has 0 radical (unpaired) electrons. The highest BCUT2D eigenvalue weighted by atomic mass is 16.1. The first kappa shape index (κ1) is 23.9. The highest BCUT2D eigenvalue weighted by Gasteiger charge is 2.33. The lowest BCUT2D eigenvalue weighted by Gasteiger charge is -2.30. The Balaban J connectivity index is 1.91. The van der Waals surface area contributed by atoms with Crippen molar-refractivity contribution in [2.45, 2.75) is 54.4 Å². The Labute approximate surface area is 203 Å². The topological polar surface area (TPSA) is 34.1 Å². The zero-order valence-corrected chi connectivity index (χ0v) is 21.2. The van der Waals surface area contributed by atoms with Crippen LogP contribution in [0.2, 0.25) is 0 Å². The van der Waals surface area contributed by atoms with Gasteiger partial charge in [0.1, 0.15) is 0 Å². The average molecular weight is 451 g/mol. The zero-order chi connectivity index (χ0) is 24.7. The molecule has 0 spiro atoms. The molecule has 0 atom stereocenters. The molecular weight excluding hydrogens is 416 g/mol. The third kappa shape index (κ3) is 4.07. The summed E-state index contributed by atoms with van der Waals surface area (Å²) < 4.78 is 0. The molecule has 2 aliphatic rings. The molecule has 0 aromatic heterocycles. The van der Waals surface area contributed by atoms with Gasteiger partial charge in [0.25, 0.3) is 0 Å². The Morgan fingerprint density at radius 2 is 0.912 bits per heavy atom. The van der Waals surface area contributed by atoms with Gasteiger partial charge in [-0.1, -0.05) is 102 Å².